The van der Waals surface area contributed by atoms with Gasteiger partial charge in [-0.05, 0) is 35.4 Å². The number of anilines is 1. The van der Waals surface area contributed by atoms with E-state index in [9.17, 15) is 22.4 Å². The Labute approximate surface area is 145 Å². The van der Waals surface area contributed by atoms with Crippen molar-refractivity contribution in [3.05, 3.63) is 53.1 Å². The summed E-state index contributed by atoms with van der Waals surface area (Å²) in [4.78, 5) is 12.4. The van der Waals surface area contributed by atoms with Gasteiger partial charge in [-0.3, -0.25) is 4.79 Å². The van der Waals surface area contributed by atoms with Crippen LogP contribution in [0.5, 0.6) is 11.5 Å². The van der Waals surface area contributed by atoms with Crippen molar-refractivity contribution >= 4 is 11.6 Å². The number of rotatable bonds is 6. The first-order valence-electron chi connectivity index (χ1n) is 7.47. The molecule has 0 bridgehead atoms. The van der Waals surface area contributed by atoms with E-state index in [1.54, 1.807) is 18.2 Å². The summed E-state index contributed by atoms with van der Waals surface area (Å²) >= 11 is 0. The molecule has 1 heterocycles. The first kappa shape index (κ1) is 18.0. The van der Waals surface area contributed by atoms with Crippen LogP contribution >= 0.6 is 0 Å². The molecule has 0 spiro atoms. The minimum absolute atomic E-state index is 0.103. The summed E-state index contributed by atoms with van der Waals surface area (Å²) < 4.78 is 63.4. The highest BCUT2D eigenvalue weighted by Gasteiger charge is 2.18. The minimum atomic E-state index is -3.20. The van der Waals surface area contributed by atoms with E-state index >= 15 is 0 Å². The molecular formula is C17H13F4NO4. The lowest BCUT2D eigenvalue weighted by Gasteiger charge is -2.14. The topological polar surface area (TPSA) is 56.8 Å². The van der Waals surface area contributed by atoms with Crippen LogP contribution in [0.3, 0.4) is 0 Å². The first-order valence-corrected chi connectivity index (χ1v) is 7.47. The third-order valence-electron chi connectivity index (χ3n) is 3.63. The fraction of sp³-hybridized carbons (Fsp3) is 0.235. The fourth-order valence-electron chi connectivity index (χ4n) is 2.48. The van der Waals surface area contributed by atoms with E-state index in [0.717, 1.165) is 29.3 Å². The number of ether oxygens (including phenoxy) is 3. The van der Waals surface area contributed by atoms with Gasteiger partial charge in [0.2, 0.25) is 0 Å². The van der Waals surface area contributed by atoms with Gasteiger partial charge in [0, 0.05) is 11.6 Å². The maximum Gasteiger partial charge on any atom is 0.387 e. The highest BCUT2D eigenvalue weighted by atomic mass is 19.3. The zero-order valence-electron chi connectivity index (χ0n) is 13.2. The molecule has 5 nitrogen and oxygen atoms in total. The standard InChI is InChI=1S/C17H13F4NO4/c18-16(19)25-12-3-4-13(14(6-12)26-17(20)21)22-15(23)9-1-2-10-7-24-8-11(10)5-9/h1-6,16-17H,7-8H2,(H,22,23). The molecule has 0 aliphatic carbocycles. The molecule has 1 N–H and O–H groups in total. The van der Waals surface area contributed by atoms with E-state index in [1.165, 1.54) is 0 Å². The second kappa shape index (κ2) is 7.61. The van der Waals surface area contributed by atoms with Crippen LogP contribution < -0.4 is 14.8 Å². The van der Waals surface area contributed by atoms with Gasteiger partial charge in [0.05, 0.1) is 18.9 Å². The predicted octanol–water partition coefficient (Wildman–Crippen LogP) is 4.17. The fourth-order valence-corrected chi connectivity index (χ4v) is 2.48. The normalized spacial score (nSPS) is 13.0. The van der Waals surface area contributed by atoms with Crippen LogP contribution in [0.1, 0.15) is 21.5 Å². The Hall–Kier alpha value is -2.81. The lowest BCUT2D eigenvalue weighted by atomic mass is 10.1. The van der Waals surface area contributed by atoms with Gasteiger partial charge in [-0.15, -0.1) is 0 Å². The van der Waals surface area contributed by atoms with Crippen molar-refractivity contribution in [1.82, 2.24) is 0 Å². The number of fused-ring (bicyclic) bond motifs is 1. The molecule has 1 aliphatic rings. The van der Waals surface area contributed by atoms with E-state index in [4.69, 9.17) is 4.74 Å². The van der Waals surface area contributed by atoms with Crippen molar-refractivity contribution in [3.63, 3.8) is 0 Å². The molecular weight excluding hydrogens is 358 g/mol. The second-order valence-electron chi connectivity index (χ2n) is 5.35. The molecule has 26 heavy (non-hydrogen) atoms. The Kier molecular flexibility index (Phi) is 5.27. The largest absolute Gasteiger partial charge is 0.435 e. The monoisotopic (exact) mass is 371 g/mol. The maximum atomic E-state index is 12.6. The molecule has 0 radical (unpaired) electrons. The van der Waals surface area contributed by atoms with E-state index < -0.39 is 24.9 Å². The van der Waals surface area contributed by atoms with E-state index in [0.29, 0.717) is 18.8 Å². The Morgan fingerprint density at radius 1 is 0.962 bits per heavy atom. The predicted molar refractivity (Wildman–Crippen MR) is 82.6 cm³/mol. The SMILES string of the molecule is O=C(Nc1ccc(OC(F)F)cc1OC(F)F)c1ccc2c(c1)COC2. The Morgan fingerprint density at radius 2 is 1.69 bits per heavy atom. The summed E-state index contributed by atoms with van der Waals surface area (Å²) in [6.45, 7) is -5.47. The van der Waals surface area contributed by atoms with Crippen LogP contribution in [0.25, 0.3) is 0 Å². The second-order valence-corrected chi connectivity index (χ2v) is 5.35. The first-order chi connectivity index (χ1) is 12.4. The Bertz CT molecular complexity index is 813. The zero-order chi connectivity index (χ0) is 18.7. The van der Waals surface area contributed by atoms with Gasteiger partial charge in [-0.25, -0.2) is 0 Å². The molecule has 9 heteroatoms. The molecule has 0 fully saturated rings. The van der Waals surface area contributed by atoms with Crippen LogP contribution in [0, 0.1) is 0 Å². The van der Waals surface area contributed by atoms with Crippen LogP contribution in [0.4, 0.5) is 23.2 Å². The minimum Gasteiger partial charge on any atom is -0.435 e. The number of hydrogen-bond donors (Lipinski definition) is 1. The summed E-state index contributed by atoms with van der Waals surface area (Å²) in [5, 5.41) is 2.42. The van der Waals surface area contributed by atoms with Crippen LogP contribution in [-0.2, 0) is 18.0 Å². The number of amides is 1. The highest BCUT2D eigenvalue weighted by molar-refractivity contribution is 6.05. The van der Waals surface area contributed by atoms with Crippen molar-refractivity contribution < 1.29 is 36.6 Å². The third kappa shape index (κ3) is 4.23. The van der Waals surface area contributed by atoms with Crippen LogP contribution in [0.15, 0.2) is 36.4 Å². The number of halogens is 4. The van der Waals surface area contributed by atoms with E-state index in [-0.39, 0.29) is 11.4 Å². The summed E-state index contributed by atoms with van der Waals surface area (Å²) in [5.41, 5.74) is 2.03. The smallest absolute Gasteiger partial charge is 0.387 e. The average Bonchev–Trinajstić information content (AvgIpc) is 3.03. The highest BCUT2D eigenvalue weighted by Crippen LogP contribution is 2.32. The van der Waals surface area contributed by atoms with E-state index in [2.05, 4.69) is 14.8 Å². The van der Waals surface area contributed by atoms with Gasteiger partial charge in [0.25, 0.3) is 5.91 Å². The molecule has 0 saturated carbocycles. The lowest BCUT2D eigenvalue weighted by molar-refractivity contribution is -0.0539. The van der Waals surface area contributed by atoms with E-state index in [1.807, 2.05) is 0 Å². The molecule has 138 valence electrons. The Morgan fingerprint density at radius 3 is 2.42 bits per heavy atom. The van der Waals surface area contributed by atoms with Crippen LogP contribution in [0.2, 0.25) is 0 Å². The van der Waals surface area contributed by atoms with Gasteiger partial charge < -0.3 is 19.5 Å². The molecule has 0 saturated heterocycles. The van der Waals surface area contributed by atoms with Crippen LogP contribution in [-0.4, -0.2) is 19.1 Å². The number of carbonyl (C=O) groups excluding carboxylic acids is 1. The Balaban J connectivity index is 1.82. The van der Waals surface area contributed by atoms with Crippen molar-refractivity contribution in [1.29, 1.82) is 0 Å². The van der Waals surface area contributed by atoms with Gasteiger partial charge in [-0.2, -0.15) is 17.6 Å². The summed E-state index contributed by atoms with van der Waals surface area (Å²) in [7, 11) is 0. The third-order valence-corrected chi connectivity index (χ3v) is 3.63. The number of nitrogens with one attached hydrogen (secondary N) is 1. The molecule has 1 aliphatic heterocycles. The number of benzene rings is 2. The number of hydrogen-bond acceptors (Lipinski definition) is 4. The van der Waals surface area contributed by atoms with Crippen molar-refractivity contribution in [2.24, 2.45) is 0 Å². The van der Waals surface area contributed by atoms with Crippen molar-refractivity contribution in [3.8, 4) is 11.5 Å². The molecule has 1 amide bonds. The maximum absolute atomic E-state index is 12.6. The van der Waals surface area contributed by atoms with Crippen molar-refractivity contribution in [2.45, 2.75) is 26.4 Å². The number of alkyl halides is 4. The summed E-state index contributed by atoms with van der Waals surface area (Å²) in [6.07, 6.45) is 0. The van der Waals surface area contributed by atoms with Gasteiger partial charge in [0.1, 0.15) is 5.75 Å². The van der Waals surface area contributed by atoms with Gasteiger partial charge in [-0.1, -0.05) is 6.07 Å². The molecule has 0 aromatic heterocycles. The average molecular weight is 371 g/mol. The molecule has 2 aromatic rings. The quantitative estimate of drug-likeness (QED) is 0.775. The summed E-state index contributed by atoms with van der Waals surface area (Å²) in [6, 6.07) is 8.06. The molecule has 0 atom stereocenters. The van der Waals surface area contributed by atoms with Gasteiger partial charge >= 0.3 is 13.2 Å². The lowest BCUT2D eigenvalue weighted by Crippen LogP contribution is -2.14. The number of carbonyl (C=O) groups is 1. The molecule has 0 unspecified atom stereocenters. The van der Waals surface area contributed by atoms with Gasteiger partial charge in [0.15, 0.2) is 5.75 Å². The zero-order valence-corrected chi connectivity index (χ0v) is 13.2. The summed E-state index contributed by atoms with van der Waals surface area (Å²) in [5.74, 6) is -1.43. The molecule has 2 aromatic carbocycles. The molecule has 3 rings (SSSR count). The van der Waals surface area contributed by atoms with Crippen molar-refractivity contribution in [2.75, 3.05) is 5.32 Å².